The van der Waals surface area contributed by atoms with Crippen LogP contribution in [0, 0.1) is 0 Å². The van der Waals surface area contributed by atoms with Crippen LogP contribution in [0.4, 0.5) is 5.82 Å². The molecule has 0 aliphatic rings. The molecule has 27 heavy (non-hydrogen) atoms. The monoisotopic (exact) mass is 405 g/mol. The maximum Gasteiger partial charge on any atom is 0.332 e. The average molecular weight is 406 g/mol. The molecular formula is C17H16ClN5O3S. The zero-order valence-corrected chi connectivity index (χ0v) is 16.1. The summed E-state index contributed by atoms with van der Waals surface area (Å²) in [6, 6.07) is 7.21. The van der Waals surface area contributed by atoms with Crippen molar-refractivity contribution < 1.29 is 4.79 Å². The molecule has 0 amide bonds. The number of rotatable bonds is 5. The molecule has 10 heteroatoms. The van der Waals surface area contributed by atoms with Crippen molar-refractivity contribution in [1.82, 2.24) is 18.7 Å². The Morgan fingerprint density at radius 2 is 2.00 bits per heavy atom. The summed E-state index contributed by atoms with van der Waals surface area (Å²) in [6.45, 7) is 0. The summed E-state index contributed by atoms with van der Waals surface area (Å²) >= 11 is 7.18. The van der Waals surface area contributed by atoms with Crippen molar-refractivity contribution in [3.05, 3.63) is 68.1 Å². The van der Waals surface area contributed by atoms with Crippen molar-refractivity contribution >= 4 is 35.0 Å². The highest BCUT2D eigenvalue weighted by Gasteiger charge is 2.21. The quantitative estimate of drug-likeness (QED) is 0.509. The smallest absolute Gasteiger partial charge is 0.332 e. The van der Waals surface area contributed by atoms with Gasteiger partial charge in [-0.15, -0.1) is 0 Å². The van der Waals surface area contributed by atoms with Gasteiger partial charge in [0.15, 0.2) is 10.9 Å². The first kappa shape index (κ1) is 19.0. The Morgan fingerprint density at radius 3 is 2.70 bits per heavy atom. The van der Waals surface area contributed by atoms with E-state index in [0.29, 0.717) is 10.2 Å². The molecule has 3 rings (SSSR count). The van der Waals surface area contributed by atoms with E-state index < -0.39 is 17.0 Å². The lowest BCUT2D eigenvalue weighted by atomic mass is 10.2. The molecule has 1 aromatic carbocycles. The van der Waals surface area contributed by atoms with Gasteiger partial charge in [-0.3, -0.25) is 23.3 Å². The second-order valence-corrected chi connectivity index (χ2v) is 7.12. The Bertz CT molecular complexity index is 1150. The number of nitrogens with two attached hydrogens (primary N) is 1. The zero-order valence-electron chi connectivity index (χ0n) is 14.5. The van der Waals surface area contributed by atoms with E-state index in [1.165, 1.54) is 14.1 Å². The van der Waals surface area contributed by atoms with Crippen molar-refractivity contribution in [1.29, 1.82) is 0 Å². The van der Waals surface area contributed by atoms with Crippen LogP contribution in [0.3, 0.4) is 0 Å². The van der Waals surface area contributed by atoms with Gasteiger partial charge in [0.2, 0.25) is 0 Å². The molecular weight excluding hydrogens is 390 g/mol. The van der Waals surface area contributed by atoms with E-state index in [2.05, 4.69) is 4.98 Å². The Balaban J connectivity index is 1.88. The van der Waals surface area contributed by atoms with Gasteiger partial charge in [-0.25, -0.2) is 9.78 Å². The Kier molecular flexibility index (Phi) is 5.24. The first-order chi connectivity index (χ1) is 12.8. The molecule has 0 radical (unpaired) electrons. The van der Waals surface area contributed by atoms with E-state index in [1.54, 1.807) is 29.1 Å². The number of Topliss-reactive ketones (excluding diaryl/α,β-unsaturated/α-hetero) is 1. The van der Waals surface area contributed by atoms with Gasteiger partial charge in [-0.05, 0) is 18.2 Å². The second-order valence-electron chi connectivity index (χ2n) is 5.74. The average Bonchev–Trinajstić information content (AvgIpc) is 3.12. The minimum absolute atomic E-state index is 0.0603. The molecule has 8 nitrogen and oxygen atoms in total. The van der Waals surface area contributed by atoms with Crippen molar-refractivity contribution in [3.8, 4) is 5.69 Å². The highest BCUT2D eigenvalue weighted by atomic mass is 35.5. The lowest BCUT2D eigenvalue weighted by Crippen LogP contribution is -2.41. The maximum absolute atomic E-state index is 12.6. The van der Waals surface area contributed by atoms with Crippen molar-refractivity contribution in [2.75, 3.05) is 11.5 Å². The van der Waals surface area contributed by atoms with Gasteiger partial charge >= 0.3 is 5.69 Å². The maximum atomic E-state index is 12.6. The van der Waals surface area contributed by atoms with Crippen LogP contribution in [-0.2, 0) is 14.1 Å². The molecule has 0 aliphatic carbocycles. The van der Waals surface area contributed by atoms with Gasteiger partial charge in [0.1, 0.15) is 11.4 Å². The first-order valence-electron chi connectivity index (χ1n) is 7.82. The van der Waals surface area contributed by atoms with Gasteiger partial charge in [0, 0.05) is 37.2 Å². The van der Waals surface area contributed by atoms with Crippen LogP contribution in [0.25, 0.3) is 5.69 Å². The molecule has 2 heterocycles. The fourth-order valence-corrected chi connectivity index (χ4v) is 3.57. The minimum Gasteiger partial charge on any atom is -0.384 e. The number of nitrogen functional groups attached to an aromatic ring is 1. The number of ketones is 1. The normalized spacial score (nSPS) is 10.9. The predicted molar refractivity (Wildman–Crippen MR) is 105 cm³/mol. The highest BCUT2D eigenvalue weighted by molar-refractivity contribution is 7.99. The number of hydrogen-bond acceptors (Lipinski definition) is 6. The van der Waals surface area contributed by atoms with Crippen molar-refractivity contribution in [2.24, 2.45) is 14.1 Å². The largest absolute Gasteiger partial charge is 0.384 e. The molecule has 0 unspecified atom stereocenters. The summed E-state index contributed by atoms with van der Waals surface area (Å²) in [5.74, 6) is -0.684. The van der Waals surface area contributed by atoms with Gasteiger partial charge in [-0.2, -0.15) is 0 Å². The number of benzene rings is 1. The van der Waals surface area contributed by atoms with Crippen molar-refractivity contribution in [2.45, 2.75) is 5.16 Å². The summed E-state index contributed by atoms with van der Waals surface area (Å²) in [5, 5.41) is 1.14. The van der Waals surface area contributed by atoms with Crippen LogP contribution in [0.1, 0.15) is 10.4 Å². The van der Waals surface area contributed by atoms with Crippen LogP contribution >= 0.6 is 23.4 Å². The van der Waals surface area contributed by atoms with Crippen LogP contribution in [0.15, 0.2) is 51.4 Å². The van der Waals surface area contributed by atoms with E-state index in [1.807, 2.05) is 12.1 Å². The number of hydrogen-bond donors (Lipinski definition) is 1. The zero-order chi connectivity index (χ0) is 19.7. The summed E-state index contributed by atoms with van der Waals surface area (Å²) < 4.78 is 3.72. The van der Waals surface area contributed by atoms with E-state index in [4.69, 9.17) is 17.3 Å². The van der Waals surface area contributed by atoms with E-state index in [0.717, 1.165) is 26.6 Å². The number of carbonyl (C=O) groups excluding carboxylic acids is 1. The van der Waals surface area contributed by atoms with E-state index in [9.17, 15) is 14.4 Å². The molecule has 0 fully saturated rings. The summed E-state index contributed by atoms with van der Waals surface area (Å²) in [4.78, 5) is 41.0. The van der Waals surface area contributed by atoms with Crippen LogP contribution in [0.5, 0.6) is 0 Å². The molecule has 0 spiro atoms. The Labute approximate surface area is 163 Å². The number of carbonyl (C=O) groups is 1. The lowest BCUT2D eigenvalue weighted by molar-refractivity contribution is 0.102. The molecule has 0 bridgehead atoms. The van der Waals surface area contributed by atoms with E-state index in [-0.39, 0.29) is 17.1 Å². The highest BCUT2D eigenvalue weighted by Crippen LogP contribution is 2.23. The third kappa shape index (κ3) is 3.56. The number of aromatic nitrogens is 4. The number of anilines is 1. The summed E-state index contributed by atoms with van der Waals surface area (Å²) in [7, 11) is 2.72. The van der Waals surface area contributed by atoms with Crippen LogP contribution < -0.4 is 17.0 Å². The number of halogens is 1. The molecule has 3 aromatic rings. The predicted octanol–water partition coefficient (Wildman–Crippen LogP) is 1.48. The van der Waals surface area contributed by atoms with E-state index >= 15 is 0 Å². The molecule has 0 saturated heterocycles. The lowest BCUT2D eigenvalue weighted by Gasteiger charge is -2.11. The number of imidazole rings is 1. The van der Waals surface area contributed by atoms with Crippen LogP contribution in [-0.4, -0.2) is 30.2 Å². The van der Waals surface area contributed by atoms with Gasteiger partial charge < -0.3 is 5.73 Å². The summed E-state index contributed by atoms with van der Waals surface area (Å²) in [6.07, 6.45) is 3.35. The molecule has 2 aromatic heterocycles. The van der Waals surface area contributed by atoms with Gasteiger partial charge in [0.05, 0.1) is 5.75 Å². The minimum atomic E-state index is -0.709. The third-order valence-corrected chi connectivity index (χ3v) is 5.22. The van der Waals surface area contributed by atoms with Gasteiger partial charge in [-0.1, -0.05) is 29.4 Å². The molecule has 0 atom stereocenters. The fourth-order valence-electron chi connectivity index (χ4n) is 2.54. The Morgan fingerprint density at radius 1 is 1.26 bits per heavy atom. The fraction of sp³-hybridized carbons (Fsp3) is 0.176. The molecule has 2 N–H and O–H groups in total. The SMILES string of the molecule is Cn1c(N)c(C(=O)CSc2nccn2-c2cccc(Cl)c2)c(=O)n(C)c1=O. The second kappa shape index (κ2) is 7.45. The van der Waals surface area contributed by atoms with Crippen molar-refractivity contribution in [3.63, 3.8) is 0 Å². The van der Waals surface area contributed by atoms with Crippen LogP contribution in [0.2, 0.25) is 5.02 Å². The van der Waals surface area contributed by atoms with Gasteiger partial charge in [0.25, 0.3) is 5.56 Å². The summed E-state index contributed by atoms with van der Waals surface area (Å²) in [5.41, 5.74) is 5.13. The first-order valence-corrected chi connectivity index (χ1v) is 9.18. The number of thioether (sulfide) groups is 1. The molecule has 140 valence electrons. The topological polar surface area (TPSA) is 105 Å². The Hall–Kier alpha value is -2.78. The molecule has 0 aliphatic heterocycles. The standard InChI is InChI=1S/C17H16ClN5O3S/c1-21-14(19)13(15(25)22(2)17(21)26)12(24)9-27-16-20-6-7-23(16)11-5-3-4-10(18)8-11/h3-8H,9,19H2,1-2H3. The molecule has 0 saturated carbocycles. The third-order valence-electron chi connectivity index (χ3n) is 4.01. The number of nitrogens with zero attached hydrogens (tertiary/aromatic N) is 4.